The highest BCUT2D eigenvalue weighted by Crippen LogP contribution is 2.30. The van der Waals surface area contributed by atoms with Gasteiger partial charge in [0, 0.05) is 29.8 Å². The number of halogens is 4. The normalized spacial score (nSPS) is 12.5. The van der Waals surface area contributed by atoms with Crippen LogP contribution < -0.4 is 32.4 Å². The molecule has 0 spiro atoms. The number of aryl methyl sites for hydroxylation is 1. The molecule has 8 aromatic rings. The molecule has 68 heavy (non-hydrogen) atoms. The summed E-state index contributed by atoms with van der Waals surface area (Å²) >= 11 is 0. The number of benzene rings is 4. The van der Waals surface area contributed by atoms with Crippen LogP contribution in [0.15, 0.2) is 137 Å². The number of nitrogens with one attached hydrogen (secondary N) is 2. The molecule has 4 aromatic carbocycles. The van der Waals surface area contributed by atoms with Gasteiger partial charge in [-0.3, -0.25) is 18.6 Å². The smallest absolute Gasteiger partial charge is 0.408 e. The van der Waals surface area contributed by atoms with Crippen LogP contribution in [0, 0.1) is 35.4 Å². The number of nitrogens with zero attached hydrogens (tertiary/aromatic N) is 4. The second kappa shape index (κ2) is 20.1. The van der Waals surface area contributed by atoms with Crippen LogP contribution >= 0.6 is 0 Å². The highest BCUT2D eigenvalue weighted by molar-refractivity contribution is 7.93. The first kappa shape index (κ1) is 48.4. The molecule has 22 heteroatoms. The Morgan fingerprint density at radius 2 is 1.12 bits per heavy atom. The van der Waals surface area contributed by atoms with Crippen LogP contribution in [0.3, 0.4) is 0 Å². The van der Waals surface area contributed by atoms with Gasteiger partial charge in [-0.25, -0.2) is 45.2 Å². The molecule has 0 aliphatic carbocycles. The highest BCUT2D eigenvalue weighted by Gasteiger charge is 2.27. The number of pyridine rings is 2. The number of oxazole rings is 2. The number of fused-ring (bicyclic) bond motifs is 2. The Balaban J connectivity index is 0.000000201. The average molecular weight is 973 g/mol. The van der Waals surface area contributed by atoms with Gasteiger partial charge in [-0.15, -0.1) is 0 Å². The SMILES string of the molecule is C[C@H](c1cccc(C#CCN)c1)n1c(=O)oc2cc(S(=O)(=O)Nc3cccc(F)n3)c(F)cc21.C[C@H](c1cccc(CCCN)c1)n1c(=O)oc2cc(S(=O)(=O)Nc3cccc(F)n3)c(F)cc21. The molecule has 0 fully saturated rings. The average Bonchev–Trinajstić information content (AvgIpc) is 3.79. The maximum Gasteiger partial charge on any atom is 0.420 e. The highest BCUT2D eigenvalue weighted by atomic mass is 32.2. The van der Waals surface area contributed by atoms with E-state index in [0.717, 1.165) is 60.4 Å². The molecule has 352 valence electrons. The van der Waals surface area contributed by atoms with E-state index in [9.17, 15) is 44.0 Å². The number of nitrogens with two attached hydrogens (primary N) is 2. The summed E-state index contributed by atoms with van der Waals surface area (Å²) in [5.74, 6) is -0.591. The monoisotopic (exact) mass is 972 g/mol. The van der Waals surface area contributed by atoms with E-state index in [1.807, 2.05) is 33.7 Å². The van der Waals surface area contributed by atoms with E-state index in [2.05, 4.69) is 21.8 Å². The van der Waals surface area contributed by atoms with Gasteiger partial charge in [0.15, 0.2) is 11.2 Å². The largest absolute Gasteiger partial charge is 0.420 e. The lowest BCUT2D eigenvalue weighted by molar-refractivity contribution is 0.489. The van der Waals surface area contributed by atoms with Crippen LogP contribution in [-0.4, -0.2) is 49.0 Å². The molecule has 0 radical (unpaired) electrons. The van der Waals surface area contributed by atoms with Gasteiger partial charge in [-0.2, -0.15) is 8.78 Å². The number of rotatable bonds is 13. The minimum atomic E-state index is -4.49. The molecule has 0 saturated heterocycles. The van der Waals surface area contributed by atoms with Crippen molar-refractivity contribution in [3.8, 4) is 11.8 Å². The summed E-state index contributed by atoms with van der Waals surface area (Å²) in [6.45, 7) is 4.23. The predicted octanol–water partition coefficient (Wildman–Crippen LogP) is 6.56. The molecular weight excluding hydrogens is 933 g/mol. The van der Waals surface area contributed by atoms with Crippen molar-refractivity contribution in [2.24, 2.45) is 11.5 Å². The number of aromatic nitrogens is 4. The molecule has 0 amide bonds. The van der Waals surface area contributed by atoms with E-state index in [0.29, 0.717) is 17.7 Å². The Bertz CT molecular complexity index is 3600. The van der Waals surface area contributed by atoms with Gasteiger partial charge in [0.2, 0.25) is 11.9 Å². The van der Waals surface area contributed by atoms with E-state index in [1.54, 1.807) is 38.1 Å². The first-order chi connectivity index (χ1) is 32.4. The molecule has 4 heterocycles. The number of hydrogen-bond acceptors (Lipinski definition) is 12. The molecule has 0 aliphatic heterocycles. The standard InChI is InChI=1S/C23H22F2N4O4S.C23H18F2N4O4S/c2*1-14(16-7-2-5-15(11-16)6-4-10-26)29-18-12-17(24)20(13-19(18)33-23(29)30)34(31,32)28-22-9-3-8-21(25)27-22/h2-3,5,7-9,11-14H,4,6,10,26H2,1H3,(H,27,28);2-3,5,7-9,11-14H,10,26H2,1H3,(H,27,28)/t2*14-/m11/s1. The lowest BCUT2D eigenvalue weighted by atomic mass is 10.0. The van der Waals surface area contributed by atoms with E-state index in [-0.39, 0.29) is 40.4 Å². The molecule has 0 saturated carbocycles. The summed E-state index contributed by atoms with van der Waals surface area (Å²) in [5, 5.41) is 0. The van der Waals surface area contributed by atoms with E-state index >= 15 is 0 Å². The van der Waals surface area contributed by atoms with Crippen LogP contribution in [0.5, 0.6) is 0 Å². The number of anilines is 2. The predicted molar refractivity (Wildman–Crippen MR) is 245 cm³/mol. The zero-order valence-corrected chi connectivity index (χ0v) is 37.5. The third-order valence-electron chi connectivity index (χ3n) is 10.4. The third kappa shape index (κ3) is 10.7. The van der Waals surface area contributed by atoms with Crippen molar-refractivity contribution >= 4 is 53.9 Å². The molecular formula is C46H40F4N8O8S2. The minimum absolute atomic E-state index is 0.0660. The van der Waals surface area contributed by atoms with Crippen molar-refractivity contribution in [2.75, 3.05) is 22.5 Å². The van der Waals surface area contributed by atoms with Gasteiger partial charge in [-0.05, 0) is 86.3 Å². The summed E-state index contributed by atoms with van der Waals surface area (Å²) in [6, 6.07) is 24.3. The van der Waals surface area contributed by atoms with Crippen LogP contribution in [-0.2, 0) is 26.5 Å². The second-order valence-electron chi connectivity index (χ2n) is 15.0. The van der Waals surface area contributed by atoms with Gasteiger partial charge in [0.1, 0.15) is 33.1 Å². The minimum Gasteiger partial charge on any atom is -0.408 e. The molecule has 0 bridgehead atoms. The topological polar surface area (TPSA) is 240 Å². The molecule has 0 aliphatic rings. The summed E-state index contributed by atoms with van der Waals surface area (Å²) in [7, 11) is -8.97. The maximum atomic E-state index is 15.0. The van der Waals surface area contributed by atoms with E-state index in [4.69, 9.17) is 20.3 Å². The molecule has 8 rings (SSSR count). The molecule has 6 N–H and O–H groups in total. The van der Waals surface area contributed by atoms with Crippen LogP contribution in [0.1, 0.15) is 54.6 Å². The van der Waals surface area contributed by atoms with Gasteiger partial charge in [0.25, 0.3) is 20.0 Å². The second-order valence-corrected chi connectivity index (χ2v) is 18.3. The van der Waals surface area contributed by atoms with Crippen LogP contribution in [0.2, 0.25) is 0 Å². The zero-order chi connectivity index (χ0) is 48.9. The number of hydrogen-bond donors (Lipinski definition) is 4. The van der Waals surface area contributed by atoms with Crippen LogP contribution in [0.25, 0.3) is 22.2 Å². The van der Waals surface area contributed by atoms with Gasteiger partial charge in [0.05, 0.1) is 29.7 Å². The van der Waals surface area contributed by atoms with Crippen molar-refractivity contribution in [2.45, 2.75) is 48.6 Å². The Morgan fingerprint density at radius 3 is 1.59 bits per heavy atom. The Hall–Kier alpha value is -7.58. The summed E-state index contributed by atoms with van der Waals surface area (Å²) in [4.78, 5) is 30.6. The Kier molecular flexibility index (Phi) is 14.3. The van der Waals surface area contributed by atoms with E-state index in [1.165, 1.54) is 33.4 Å². The Labute approximate surface area is 385 Å². The summed E-state index contributed by atoms with van der Waals surface area (Å²) in [5.41, 5.74) is 14.1. The summed E-state index contributed by atoms with van der Waals surface area (Å²) in [6.07, 6.45) is 1.59. The zero-order valence-electron chi connectivity index (χ0n) is 35.9. The van der Waals surface area contributed by atoms with Crippen LogP contribution in [0.4, 0.5) is 29.2 Å². The molecule has 0 unspecified atom stereocenters. The lowest BCUT2D eigenvalue weighted by Crippen LogP contribution is -2.19. The molecule has 2 atom stereocenters. The Morgan fingerprint density at radius 1 is 0.647 bits per heavy atom. The van der Waals surface area contributed by atoms with Crippen molar-refractivity contribution in [3.63, 3.8) is 0 Å². The first-order valence-corrected chi connectivity index (χ1v) is 23.4. The number of sulfonamides is 2. The summed E-state index contributed by atoms with van der Waals surface area (Å²) < 4.78 is 124. The van der Waals surface area contributed by atoms with Crippen molar-refractivity contribution in [1.82, 2.24) is 19.1 Å². The maximum absolute atomic E-state index is 15.0. The first-order valence-electron chi connectivity index (χ1n) is 20.5. The third-order valence-corrected chi connectivity index (χ3v) is 13.1. The molecule has 4 aromatic heterocycles. The fourth-order valence-corrected chi connectivity index (χ4v) is 9.33. The van der Waals surface area contributed by atoms with Gasteiger partial charge in [-0.1, -0.05) is 60.4 Å². The van der Waals surface area contributed by atoms with E-state index < -0.39 is 77.0 Å². The molecule has 16 nitrogen and oxygen atoms in total. The lowest BCUT2D eigenvalue weighted by Gasteiger charge is -2.15. The fraction of sp³-hybridized carbons (Fsp3) is 0.174. The van der Waals surface area contributed by atoms with Crippen molar-refractivity contribution in [3.05, 3.63) is 176 Å². The van der Waals surface area contributed by atoms with Gasteiger partial charge < -0.3 is 20.3 Å². The fourth-order valence-electron chi connectivity index (χ4n) is 7.17. The van der Waals surface area contributed by atoms with Gasteiger partial charge >= 0.3 is 11.5 Å². The quantitative estimate of drug-likeness (QED) is 0.0546. The van der Waals surface area contributed by atoms with Crippen molar-refractivity contribution in [1.29, 1.82) is 0 Å². The van der Waals surface area contributed by atoms with Crippen molar-refractivity contribution < 1.29 is 43.2 Å².